The van der Waals surface area contributed by atoms with E-state index >= 15 is 0 Å². The molecule has 4 aliphatic rings. The van der Waals surface area contributed by atoms with E-state index in [4.69, 9.17) is 28.4 Å². The number of hydrogen-bond acceptors (Lipinski definition) is 11. The first kappa shape index (κ1) is 30.7. The summed E-state index contributed by atoms with van der Waals surface area (Å²) in [7, 11) is 0. The topological polar surface area (TPSA) is 144 Å². The Balaban J connectivity index is 2.03. The van der Waals surface area contributed by atoms with Gasteiger partial charge in [-0.2, -0.15) is 0 Å². The summed E-state index contributed by atoms with van der Waals surface area (Å²) in [5.41, 5.74) is -2.72. The number of carbonyl (C=O) groups excluding carboxylic acids is 5. The Morgan fingerprint density at radius 3 is 2.12 bits per heavy atom. The lowest BCUT2D eigenvalue weighted by atomic mass is 9.56. The minimum Gasteiger partial charge on any atom is -0.461 e. The van der Waals surface area contributed by atoms with Gasteiger partial charge in [-0.1, -0.05) is 31.1 Å². The van der Waals surface area contributed by atoms with Crippen molar-refractivity contribution in [1.29, 1.82) is 0 Å². The third-order valence-corrected chi connectivity index (χ3v) is 8.90. The number of epoxide rings is 1. The highest BCUT2D eigenvalue weighted by molar-refractivity contribution is 5.89. The van der Waals surface area contributed by atoms with Crippen LogP contribution in [0.15, 0.2) is 23.3 Å². The molecule has 0 unspecified atom stereocenters. The van der Waals surface area contributed by atoms with E-state index in [0.717, 1.165) is 5.57 Å². The van der Waals surface area contributed by atoms with Crippen molar-refractivity contribution in [2.75, 3.05) is 0 Å². The maximum absolute atomic E-state index is 13.1. The molecule has 0 amide bonds. The summed E-state index contributed by atoms with van der Waals surface area (Å²) in [6, 6.07) is 0. The zero-order valence-electron chi connectivity index (χ0n) is 24.9. The highest BCUT2D eigenvalue weighted by Crippen LogP contribution is 2.65. The summed E-state index contributed by atoms with van der Waals surface area (Å²) in [6.07, 6.45) is -0.419. The van der Waals surface area contributed by atoms with E-state index in [1.165, 1.54) is 20.8 Å². The lowest BCUT2D eigenvalue weighted by molar-refractivity contribution is -0.214. The molecule has 2 aliphatic carbocycles. The number of ether oxygens (including phenoxy) is 6. The maximum atomic E-state index is 13.1. The Bertz CT molecular complexity index is 1200. The van der Waals surface area contributed by atoms with E-state index in [-0.39, 0.29) is 19.3 Å². The van der Waals surface area contributed by atoms with Crippen LogP contribution in [-0.4, -0.2) is 71.6 Å². The first-order valence-electron chi connectivity index (χ1n) is 14.1. The van der Waals surface area contributed by atoms with Crippen LogP contribution in [0, 0.1) is 11.3 Å². The molecular weight excluding hydrogens is 536 g/mol. The minimum absolute atomic E-state index is 0.129. The second-order valence-corrected chi connectivity index (χ2v) is 11.9. The van der Waals surface area contributed by atoms with Gasteiger partial charge in [-0.15, -0.1) is 0 Å². The summed E-state index contributed by atoms with van der Waals surface area (Å²) in [5, 5.41) is 0. The fraction of sp³-hybridized carbons (Fsp3) is 0.700. The lowest BCUT2D eigenvalue weighted by Gasteiger charge is -2.54. The second-order valence-electron chi connectivity index (χ2n) is 11.9. The Hall–Kier alpha value is -3.21. The molecule has 11 heteroatoms. The Morgan fingerprint density at radius 2 is 1.56 bits per heavy atom. The molecule has 0 aromatic rings. The van der Waals surface area contributed by atoms with Crippen molar-refractivity contribution < 1.29 is 52.4 Å². The third kappa shape index (κ3) is 5.06. The van der Waals surface area contributed by atoms with Crippen molar-refractivity contribution >= 4 is 29.8 Å². The molecule has 1 spiro atoms. The molecule has 2 saturated heterocycles. The summed E-state index contributed by atoms with van der Waals surface area (Å²) in [5.74, 6) is -3.72. The van der Waals surface area contributed by atoms with Gasteiger partial charge in [0.25, 0.3) is 0 Å². The monoisotopic (exact) mass is 576 g/mol. The van der Waals surface area contributed by atoms with Crippen molar-refractivity contribution in [3.05, 3.63) is 23.3 Å². The largest absolute Gasteiger partial charge is 0.461 e. The molecule has 41 heavy (non-hydrogen) atoms. The number of carbonyl (C=O) groups is 5. The molecule has 11 nitrogen and oxygen atoms in total. The van der Waals surface area contributed by atoms with Crippen LogP contribution in [0.25, 0.3) is 0 Å². The van der Waals surface area contributed by atoms with Gasteiger partial charge < -0.3 is 28.4 Å². The molecule has 0 aromatic carbocycles. The van der Waals surface area contributed by atoms with Gasteiger partial charge in [-0.3, -0.25) is 19.2 Å². The van der Waals surface area contributed by atoms with Crippen molar-refractivity contribution in [2.24, 2.45) is 11.3 Å². The quantitative estimate of drug-likeness (QED) is 0.199. The molecule has 2 aliphatic heterocycles. The van der Waals surface area contributed by atoms with Crippen LogP contribution < -0.4 is 0 Å². The first-order chi connectivity index (χ1) is 19.1. The average molecular weight is 577 g/mol. The number of hydrogen-bond donors (Lipinski definition) is 0. The highest BCUT2D eigenvalue weighted by Gasteiger charge is 2.87. The average Bonchev–Trinajstić information content (AvgIpc) is 3.44. The van der Waals surface area contributed by atoms with Crippen LogP contribution in [0.2, 0.25) is 0 Å². The number of esters is 5. The van der Waals surface area contributed by atoms with Crippen LogP contribution in [0.3, 0.4) is 0 Å². The molecular formula is C30H40O11. The normalized spacial score (nSPS) is 40.6. The fourth-order valence-corrected chi connectivity index (χ4v) is 7.12. The van der Waals surface area contributed by atoms with Crippen molar-refractivity contribution in [3.8, 4) is 0 Å². The van der Waals surface area contributed by atoms with Gasteiger partial charge >= 0.3 is 29.8 Å². The fourth-order valence-electron chi connectivity index (χ4n) is 7.12. The zero-order chi connectivity index (χ0) is 30.5. The molecule has 0 saturated carbocycles. The molecule has 0 bridgehead atoms. The Morgan fingerprint density at radius 1 is 0.951 bits per heavy atom. The van der Waals surface area contributed by atoms with Gasteiger partial charge in [0, 0.05) is 46.0 Å². The van der Waals surface area contributed by atoms with E-state index in [0.29, 0.717) is 12.0 Å². The van der Waals surface area contributed by atoms with Crippen LogP contribution >= 0.6 is 0 Å². The summed E-state index contributed by atoms with van der Waals surface area (Å²) in [6.45, 7) is 12.6. The standard InChI is InChI=1S/C30H40O11/c1-9-10-23(34)39-20-13-15(2)14-22-30(29(8,41-30)27(35)40-22)26(38-19(6)33)24-16(3)11-12-21(36-17(4)31)28(24,7)25(20)37-18(5)32/h11,14,20-22,24-26H,9-10,12-13H2,1-8H3/b15-14-/t20-,21-,22-,24+,25-,26-,28-,29-,30-/m0/s1. The van der Waals surface area contributed by atoms with E-state index in [1.54, 1.807) is 26.8 Å². The molecule has 0 aromatic heterocycles. The molecule has 226 valence electrons. The summed E-state index contributed by atoms with van der Waals surface area (Å²) < 4.78 is 35.9. The van der Waals surface area contributed by atoms with E-state index in [2.05, 4.69) is 0 Å². The number of fused-ring (bicyclic) bond motifs is 1. The SMILES string of the molecule is CCCC(=O)O[C@H]1C/C(C)=C\[C@@H]2OC(=O)[C@]3(C)O[C@]23[C@@H](OC(C)=O)[C@H]2C(C)=CC[C@H](OC(C)=O)[C@]2(C)[C@H]1OC(C)=O. The second kappa shape index (κ2) is 10.9. The maximum Gasteiger partial charge on any atom is 0.342 e. The lowest BCUT2D eigenvalue weighted by Crippen LogP contribution is -2.64. The predicted molar refractivity (Wildman–Crippen MR) is 142 cm³/mol. The van der Waals surface area contributed by atoms with Gasteiger partial charge in [0.15, 0.2) is 17.3 Å². The van der Waals surface area contributed by atoms with Crippen molar-refractivity contribution in [2.45, 2.75) is 123 Å². The first-order valence-corrected chi connectivity index (χ1v) is 14.1. The van der Waals surface area contributed by atoms with Crippen LogP contribution in [0.5, 0.6) is 0 Å². The zero-order valence-corrected chi connectivity index (χ0v) is 24.9. The summed E-state index contributed by atoms with van der Waals surface area (Å²) in [4.78, 5) is 63.7. The van der Waals surface area contributed by atoms with Crippen molar-refractivity contribution in [3.63, 3.8) is 0 Å². The number of rotatable bonds is 6. The predicted octanol–water partition coefficient (Wildman–Crippen LogP) is 3.27. The van der Waals surface area contributed by atoms with Crippen LogP contribution in [-0.2, 0) is 52.4 Å². The smallest absolute Gasteiger partial charge is 0.342 e. The van der Waals surface area contributed by atoms with Gasteiger partial charge in [0.1, 0.15) is 24.4 Å². The van der Waals surface area contributed by atoms with E-state index < -0.39 is 82.9 Å². The van der Waals surface area contributed by atoms with Crippen LogP contribution in [0.1, 0.15) is 81.1 Å². The van der Waals surface area contributed by atoms with Crippen molar-refractivity contribution in [1.82, 2.24) is 0 Å². The molecule has 2 fully saturated rings. The molecule has 0 radical (unpaired) electrons. The molecule has 0 N–H and O–H groups in total. The molecule has 2 heterocycles. The van der Waals surface area contributed by atoms with Gasteiger partial charge in [-0.05, 0) is 33.3 Å². The van der Waals surface area contributed by atoms with Gasteiger partial charge in [0.2, 0.25) is 0 Å². The summed E-state index contributed by atoms with van der Waals surface area (Å²) >= 11 is 0. The Kier molecular flexibility index (Phi) is 8.16. The van der Waals surface area contributed by atoms with E-state index in [9.17, 15) is 24.0 Å². The Labute approximate surface area is 239 Å². The van der Waals surface area contributed by atoms with Gasteiger partial charge in [0.05, 0.1) is 5.41 Å². The third-order valence-electron chi connectivity index (χ3n) is 8.90. The highest BCUT2D eigenvalue weighted by atomic mass is 16.7. The molecule has 9 atom stereocenters. The van der Waals surface area contributed by atoms with E-state index in [1.807, 2.05) is 19.9 Å². The minimum atomic E-state index is -1.41. The van der Waals surface area contributed by atoms with Crippen LogP contribution in [0.4, 0.5) is 0 Å². The van der Waals surface area contributed by atoms with Gasteiger partial charge in [-0.25, -0.2) is 4.79 Å². The molecule has 4 rings (SSSR count).